The quantitative estimate of drug-likeness (QED) is 0.368. The highest BCUT2D eigenvalue weighted by atomic mass is 13.7. The molecule has 0 aliphatic carbocycles. The van der Waals surface area contributed by atoms with Crippen molar-refractivity contribution in [3.05, 3.63) is 17.9 Å². The van der Waals surface area contributed by atoms with Gasteiger partial charge in [-0.2, -0.15) is 0 Å². The second kappa shape index (κ2) is 7.08. The summed E-state index contributed by atoms with van der Waals surface area (Å²) in [5.74, 6) is 5.85. The van der Waals surface area contributed by atoms with Gasteiger partial charge >= 0.3 is 0 Å². The summed E-state index contributed by atoms with van der Waals surface area (Å²) in [7, 11) is 0. The third kappa shape index (κ3) is 7.08. The lowest BCUT2D eigenvalue weighted by Crippen LogP contribution is -1.58. The fraction of sp³-hybridized carbons (Fsp3) is 0.444. The molecule has 48 valence electrons. The maximum atomic E-state index is 2.98. The second-order valence-electron chi connectivity index (χ2n) is 1.67. The lowest BCUT2D eigenvalue weighted by molar-refractivity contribution is 0.983. The summed E-state index contributed by atoms with van der Waals surface area (Å²) >= 11 is 0. The zero-order chi connectivity index (χ0) is 6.95. The predicted molar refractivity (Wildman–Crippen MR) is 41.0 cm³/mol. The Morgan fingerprint density at radius 3 is 2.78 bits per heavy atom. The summed E-state index contributed by atoms with van der Waals surface area (Å²) in [5.41, 5.74) is 2.88. The minimum Gasteiger partial charge on any atom is -0.116 e. The van der Waals surface area contributed by atoms with Crippen LogP contribution in [0.2, 0.25) is 0 Å². The van der Waals surface area contributed by atoms with Crippen LogP contribution in [0.1, 0.15) is 26.7 Å². The molecule has 0 aliphatic rings. The molecule has 0 aliphatic heterocycles. The van der Waals surface area contributed by atoms with Gasteiger partial charge in [0.25, 0.3) is 0 Å². The fourth-order valence-corrected chi connectivity index (χ4v) is 0.373. The van der Waals surface area contributed by atoms with Crippen LogP contribution < -0.4 is 0 Å². The summed E-state index contributed by atoms with van der Waals surface area (Å²) in [6.45, 7) is 4.05. The van der Waals surface area contributed by atoms with E-state index in [4.69, 9.17) is 0 Å². The molecule has 9 heavy (non-hydrogen) atoms. The van der Waals surface area contributed by atoms with Crippen molar-refractivity contribution in [2.45, 2.75) is 26.7 Å². The number of allylic oxidation sites excluding steroid dienone is 1. The van der Waals surface area contributed by atoms with E-state index in [1.54, 1.807) is 6.08 Å². The third-order valence-electron chi connectivity index (χ3n) is 0.799. The molecule has 0 rings (SSSR count). The van der Waals surface area contributed by atoms with Crippen LogP contribution in [-0.2, 0) is 0 Å². The van der Waals surface area contributed by atoms with Gasteiger partial charge < -0.3 is 0 Å². The molecule has 0 fully saturated rings. The molecule has 0 aromatic carbocycles. The fourth-order valence-electron chi connectivity index (χ4n) is 0.373. The SMILES string of the molecule is CC=C=CC#CCCC. The molecule has 0 saturated carbocycles. The Bertz CT molecular complexity index is 158. The summed E-state index contributed by atoms with van der Waals surface area (Å²) in [6, 6.07) is 0. The standard InChI is InChI=1S/C9H12/c1-3-5-7-9-8-6-4-2/h3,7H,4,6H2,1-2H3. The third-order valence-corrected chi connectivity index (χ3v) is 0.799. The minimum absolute atomic E-state index is 0.988. The van der Waals surface area contributed by atoms with Crippen LogP contribution in [0.3, 0.4) is 0 Å². The van der Waals surface area contributed by atoms with E-state index in [0.717, 1.165) is 12.8 Å². The van der Waals surface area contributed by atoms with Crippen LogP contribution in [0.4, 0.5) is 0 Å². The maximum Gasteiger partial charge on any atom is 0.0298 e. The van der Waals surface area contributed by atoms with Gasteiger partial charge in [-0.1, -0.05) is 18.8 Å². The molecular weight excluding hydrogens is 108 g/mol. The molecule has 0 heteroatoms. The molecule has 0 spiro atoms. The average Bonchev–Trinajstić information content (AvgIpc) is 1.89. The topological polar surface area (TPSA) is 0 Å². The van der Waals surface area contributed by atoms with E-state index in [0.29, 0.717) is 0 Å². The molecule has 0 N–H and O–H groups in total. The van der Waals surface area contributed by atoms with Crippen molar-refractivity contribution in [2.75, 3.05) is 0 Å². The van der Waals surface area contributed by atoms with E-state index in [9.17, 15) is 0 Å². The monoisotopic (exact) mass is 120 g/mol. The van der Waals surface area contributed by atoms with Gasteiger partial charge in [-0.15, -0.1) is 5.73 Å². The predicted octanol–water partition coefficient (Wildman–Crippen LogP) is 2.52. The van der Waals surface area contributed by atoms with Crippen LogP contribution in [0, 0.1) is 11.8 Å². The Morgan fingerprint density at radius 2 is 2.22 bits per heavy atom. The van der Waals surface area contributed by atoms with Crippen molar-refractivity contribution in [3.63, 3.8) is 0 Å². The maximum absolute atomic E-state index is 2.98. The smallest absolute Gasteiger partial charge is 0.0298 e. The van der Waals surface area contributed by atoms with E-state index < -0.39 is 0 Å². The van der Waals surface area contributed by atoms with Crippen molar-refractivity contribution in [2.24, 2.45) is 0 Å². The van der Waals surface area contributed by atoms with E-state index in [1.807, 2.05) is 13.0 Å². The Morgan fingerprint density at radius 1 is 1.44 bits per heavy atom. The van der Waals surface area contributed by atoms with Gasteiger partial charge in [-0.05, 0) is 19.4 Å². The number of rotatable bonds is 1. The van der Waals surface area contributed by atoms with Crippen molar-refractivity contribution >= 4 is 0 Å². The van der Waals surface area contributed by atoms with Crippen LogP contribution in [0.25, 0.3) is 0 Å². The van der Waals surface area contributed by atoms with Gasteiger partial charge in [0, 0.05) is 12.5 Å². The molecule has 0 bridgehead atoms. The number of hydrogen-bond donors (Lipinski definition) is 0. The largest absolute Gasteiger partial charge is 0.116 e. The summed E-state index contributed by atoms with van der Waals surface area (Å²) in [6.07, 6.45) is 5.72. The van der Waals surface area contributed by atoms with E-state index in [-0.39, 0.29) is 0 Å². The summed E-state index contributed by atoms with van der Waals surface area (Å²) < 4.78 is 0. The number of unbranched alkanes of at least 4 members (excludes halogenated alkanes) is 1. The molecule has 0 radical (unpaired) electrons. The van der Waals surface area contributed by atoms with Gasteiger partial charge in [0.15, 0.2) is 0 Å². The minimum atomic E-state index is 0.988. The Kier molecular flexibility index (Phi) is 6.36. The van der Waals surface area contributed by atoms with E-state index in [1.165, 1.54) is 0 Å². The first-order chi connectivity index (χ1) is 4.41. The lowest BCUT2D eigenvalue weighted by atomic mass is 10.3. The zero-order valence-corrected chi connectivity index (χ0v) is 6.07. The zero-order valence-electron chi connectivity index (χ0n) is 6.07. The Labute approximate surface area is 57.3 Å². The molecule has 0 aromatic rings. The van der Waals surface area contributed by atoms with Crippen LogP contribution in [0.5, 0.6) is 0 Å². The molecule has 0 atom stereocenters. The van der Waals surface area contributed by atoms with Crippen molar-refractivity contribution < 1.29 is 0 Å². The normalized spacial score (nSPS) is 6.44. The summed E-state index contributed by atoms with van der Waals surface area (Å²) in [5, 5.41) is 0. The Balaban J connectivity index is 3.49. The van der Waals surface area contributed by atoms with Gasteiger partial charge in [0.2, 0.25) is 0 Å². The molecule has 0 aromatic heterocycles. The molecule has 0 saturated heterocycles. The molecular formula is C9H12. The van der Waals surface area contributed by atoms with Gasteiger partial charge in [-0.3, -0.25) is 0 Å². The Hall–Kier alpha value is -0.920. The van der Waals surface area contributed by atoms with Crippen LogP contribution in [-0.4, -0.2) is 0 Å². The van der Waals surface area contributed by atoms with Gasteiger partial charge in [0.1, 0.15) is 0 Å². The molecule has 0 unspecified atom stereocenters. The van der Waals surface area contributed by atoms with Crippen molar-refractivity contribution in [1.29, 1.82) is 0 Å². The molecule has 0 nitrogen and oxygen atoms in total. The highest BCUT2D eigenvalue weighted by Crippen LogP contribution is 1.80. The average molecular weight is 120 g/mol. The second-order valence-corrected chi connectivity index (χ2v) is 1.67. The van der Waals surface area contributed by atoms with Crippen LogP contribution in [0.15, 0.2) is 17.9 Å². The van der Waals surface area contributed by atoms with E-state index >= 15 is 0 Å². The first kappa shape index (κ1) is 8.08. The highest BCUT2D eigenvalue weighted by molar-refractivity contribution is 5.14. The van der Waals surface area contributed by atoms with Crippen molar-refractivity contribution in [3.8, 4) is 11.8 Å². The van der Waals surface area contributed by atoms with Crippen molar-refractivity contribution in [1.82, 2.24) is 0 Å². The lowest BCUT2D eigenvalue weighted by Gasteiger charge is -1.72. The summed E-state index contributed by atoms with van der Waals surface area (Å²) in [4.78, 5) is 0. The molecule has 0 heterocycles. The van der Waals surface area contributed by atoms with Gasteiger partial charge in [-0.25, -0.2) is 0 Å². The number of hydrogen-bond acceptors (Lipinski definition) is 0. The van der Waals surface area contributed by atoms with Gasteiger partial charge in [0.05, 0.1) is 0 Å². The van der Waals surface area contributed by atoms with E-state index in [2.05, 4.69) is 24.5 Å². The first-order valence-corrected chi connectivity index (χ1v) is 3.25. The first-order valence-electron chi connectivity index (χ1n) is 3.25. The molecule has 0 amide bonds. The van der Waals surface area contributed by atoms with Crippen LogP contribution >= 0.6 is 0 Å². The highest BCUT2D eigenvalue weighted by Gasteiger charge is 1.65.